The molecule has 1 aliphatic rings. The smallest absolute Gasteiger partial charge is 0.263 e. The van der Waals surface area contributed by atoms with E-state index < -0.39 is 0 Å². The lowest BCUT2D eigenvalue weighted by atomic mass is 10.2. The molecule has 0 radical (unpaired) electrons. The summed E-state index contributed by atoms with van der Waals surface area (Å²) < 4.78 is 2.09. The largest absolute Gasteiger partial charge is 0.352 e. The lowest BCUT2D eigenvalue weighted by Crippen LogP contribution is -2.31. The number of hydrogen-bond donors (Lipinski definition) is 2. The minimum Gasteiger partial charge on any atom is -0.352 e. The summed E-state index contributed by atoms with van der Waals surface area (Å²) in [5.41, 5.74) is -0.286. The predicted molar refractivity (Wildman–Crippen MR) is 90.1 cm³/mol. The highest BCUT2D eigenvalue weighted by Gasteiger charge is 2.26. The van der Waals surface area contributed by atoms with Crippen molar-refractivity contribution in [2.24, 2.45) is 0 Å². The lowest BCUT2D eigenvalue weighted by molar-refractivity contribution is 0.0950. The molecule has 2 N–H and O–H groups in total. The predicted octanol–water partition coefficient (Wildman–Crippen LogP) is 1.79. The number of hydrogen-bond acceptors (Lipinski definition) is 4. The van der Waals surface area contributed by atoms with Gasteiger partial charge in [0.25, 0.3) is 11.5 Å². The van der Waals surface area contributed by atoms with E-state index in [1.807, 2.05) is 6.20 Å². The molecule has 0 aromatic carbocycles. The number of aromatic amines is 1. The Bertz CT molecular complexity index is 773. The third kappa shape index (κ3) is 3.72. The van der Waals surface area contributed by atoms with Gasteiger partial charge in [0, 0.05) is 43.5 Å². The molecule has 1 saturated carbocycles. The standard InChI is InChI=1S/C17H23N5O2/c1-11(2)15-18-7-9-22(15)8-3-6-19-16(23)13-10-20-14(12-4-5-12)21-17(13)24/h7,9-12H,3-6,8H2,1-2H3,(H,19,23)(H,20,21,24). The fraction of sp³-hybridized carbons (Fsp3) is 0.529. The Labute approximate surface area is 140 Å². The number of nitrogens with one attached hydrogen (secondary N) is 2. The average Bonchev–Trinajstić information content (AvgIpc) is 3.29. The Morgan fingerprint density at radius 3 is 2.88 bits per heavy atom. The van der Waals surface area contributed by atoms with Crippen molar-refractivity contribution in [2.75, 3.05) is 6.54 Å². The molecular weight excluding hydrogens is 306 g/mol. The number of rotatable bonds is 7. The first-order valence-electron chi connectivity index (χ1n) is 8.44. The second-order valence-electron chi connectivity index (χ2n) is 6.53. The molecule has 7 nitrogen and oxygen atoms in total. The first-order chi connectivity index (χ1) is 11.6. The molecule has 1 aliphatic carbocycles. The minimum absolute atomic E-state index is 0.0740. The molecule has 0 saturated heterocycles. The molecule has 0 aliphatic heterocycles. The van der Waals surface area contributed by atoms with Gasteiger partial charge in [-0.05, 0) is 19.3 Å². The number of carbonyl (C=O) groups excluding carboxylic acids is 1. The number of H-pyrrole nitrogens is 1. The lowest BCUT2D eigenvalue weighted by Gasteiger charge is -2.10. The van der Waals surface area contributed by atoms with Gasteiger partial charge in [0.05, 0.1) is 0 Å². The molecule has 2 aromatic rings. The monoisotopic (exact) mass is 329 g/mol. The van der Waals surface area contributed by atoms with Gasteiger partial charge >= 0.3 is 0 Å². The van der Waals surface area contributed by atoms with Crippen LogP contribution < -0.4 is 10.9 Å². The van der Waals surface area contributed by atoms with Gasteiger partial charge < -0.3 is 14.9 Å². The maximum atomic E-state index is 12.1. The van der Waals surface area contributed by atoms with Gasteiger partial charge in [0.15, 0.2) is 0 Å². The number of amides is 1. The Morgan fingerprint density at radius 2 is 2.21 bits per heavy atom. The van der Waals surface area contributed by atoms with Crippen LogP contribution in [0.3, 0.4) is 0 Å². The van der Waals surface area contributed by atoms with Gasteiger partial charge in [-0.1, -0.05) is 13.8 Å². The van der Waals surface area contributed by atoms with Crippen LogP contribution in [0.4, 0.5) is 0 Å². The molecule has 0 unspecified atom stereocenters. The average molecular weight is 329 g/mol. The number of nitrogens with zero attached hydrogens (tertiary/aromatic N) is 3. The molecule has 3 rings (SSSR count). The molecule has 2 aromatic heterocycles. The van der Waals surface area contributed by atoms with Crippen molar-refractivity contribution >= 4 is 5.91 Å². The van der Waals surface area contributed by atoms with Gasteiger partial charge in [0.1, 0.15) is 17.2 Å². The summed E-state index contributed by atoms with van der Waals surface area (Å²) in [7, 11) is 0. The highest BCUT2D eigenvalue weighted by atomic mass is 16.2. The van der Waals surface area contributed by atoms with E-state index in [0.29, 0.717) is 24.2 Å². The van der Waals surface area contributed by atoms with Crippen molar-refractivity contribution in [3.8, 4) is 0 Å². The molecular formula is C17H23N5O2. The van der Waals surface area contributed by atoms with Gasteiger partial charge in [-0.2, -0.15) is 0 Å². The van der Waals surface area contributed by atoms with Crippen molar-refractivity contribution < 1.29 is 4.79 Å². The number of aryl methyl sites for hydroxylation is 1. The van der Waals surface area contributed by atoms with Gasteiger partial charge in [-0.15, -0.1) is 0 Å². The topological polar surface area (TPSA) is 92.7 Å². The first kappa shape index (κ1) is 16.4. The fourth-order valence-electron chi connectivity index (χ4n) is 2.69. The molecule has 2 heterocycles. The number of aromatic nitrogens is 4. The first-order valence-corrected chi connectivity index (χ1v) is 8.44. The van der Waals surface area contributed by atoms with E-state index >= 15 is 0 Å². The van der Waals surface area contributed by atoms with Crippen LogP contribution in [0.2, 0.25) is 0 Å². The highest BCUT2D eigenvalue weighted by Crippen LogP contribution is 2.37. The second-order valence-corrected chi connectivity index (χ2v) is 6.53. The maximum Gasteiger partial charge on any atom is 0.263 e. The Morgan fingerprint density at radius 1 is 1.42 bits per heavy atom. The van der Waals surface area contributed by atoms with Crippen LogP contribution in [0.1, 0.15) is 67.0 Å². The summed E-state index contributed by atoms with van der Waals surface area (Å²) >= 11 is 0. The number of imidazole rings is 1. The normalized spacial score (nSPS) is 14.1. The molecule has 128 valence electrons. The van der Waals surface area contributed by atoms with Crippen LogP contribution in [0, 0.1) is 0 Å². The molecule has 0 spiro atoms. The van der Waals surface area contributed by atoms with Gasteiger partial charge in [-0.25, -0.2) is 9.97 Å². The quantitative estimate of drug-likeness (QED) is 0.757. The molecule has 1 fully saturated rings. The zero-order chi connectivity index (χ0) is 17.1. The van der Waals surface area contributed by atoms with Crippen LogP contribution in [0.15, 0.2) is 23.4 Å². The summed E-state index contributed by atoms with van der Waals surface area (Å²) in [5.74, 6) is 2.08. The Balaban J connectivity index is 1.50. The summed E-state index contributed by atoms with van der Waals surface area (Å²) in [6, 6.07) is 0. The van der Waals surface area contributed by atoms with Crippen LogP contribution >= 0.6 is 0 Å². The zero-order valence-corrected chi connectivity index (χ0v) is 14.1. The molecule has 1 amide bonds. The number of carbonyl (C=O) groups is 1. The summed E-state index contributed by atoms with van der Waals surface area (Å²) in [6.45, 7) is 5.48. The molecule has 7 heteroatoms. The van der Waals surface area contributed by atoms with Crippen molar-refractivity contribution in [3.05, 3.63) is 46.2 Å². The Kier molecular flexibility index (Phi) is 4.78. The molecule has 0 atom stereocenters. The van der Waals surface area contributed by atoms with Gasteiger partial charge in [0.2, 0.25) is 0 Å². The minimum atomic E-state index is -0.374. The summed E-state index contributed by atoms with van der Waals surface area (Å²) in [5, 5.41) is 2.78. The van der Waals surface area contributed by atoms with Crippen molar-refractivity contribution in [3.63, 3.8) is 0 Å². The third-order valence-electron chi connectivity index (χ3n) is 4.15. The molecule has 0 bridgehead atoms. The van der Waals surface area contributed by atoms with E-state index in [4.69, 9.17) is 0 Å². The van der Waals surface area contributed by atoms with Gasteiger partial charge in [-0.3, -0.25) is 9.59 Å². The SMILES string of the molecule is CC(C)c1nccn1CCCNC(=O)c1cnc(C2CC2)[nH]c1=O. The second kappa shape index (κ2) is 6.98. The third-order valence-corrected chi connectivity index (χ3v) is 4.15. The van der Waals surface area contributed by atoms with E-state index in [-0.39, 0.29) is 17.0 Å². The van der Waals surface area contributed by atoms with Crippen LogP contribution in [0.5, 0.6) is 0 Å². The van der Waals surface area contributed by atoms with E-state index in [1.54, 1.807) is 6.20 Å². The van der Waals surface area contributed by atoms with Crippen LogP contribution in [0.25, 0.3) is 0 Å². The zero-order valence-electron chi connectivity index (χ0n) is 14.1. The summed E-state index contributed by atoms with van der Waals surface area (Å²) in [6.07, 6.45) is 8.01. The van der Waals surface area contributed by atoms with Crippen molar-refractivity contribution in [2.45, 2.75) is 51.5 Å². The van der Waals surface area contributed by atoms with Crippen molar-refractivity contribution in [1.29, 1.82) is 0 Å². The van der Waals surface area contributed by atoms with E-state index in [0.717, 1.165) is 31.6 Å². The maximum absolute atomic E-state index is 12.1. The van der Waals surface area contributed by atoms with E-state index in [2.05, 4.69) is 38.7 Å². The summed E-state index contributed by atoms with van der Waals surface area (Å²) in [4.78, 5) is 35.3. The van der Waals surface area contributed by atoms with E-state index in [9.17, 15) is 9.59 Å². The molecule has 24 heavy (non-hydrogen) atoms. The van der Waals surface area contributed by atoms with Crippen LogP contribution in [-0.2, 0) is 6.54 Å². The van der Waals surface area contributed by atoms with Crippen molar-refractivity contribution in [1.82, 2.24) is 24.8 Å². The van der Waals surface area contributed by atoms with Crippen LogP contribution in [-0.4, -0.2) is 32.0 Å². The fourth-order valence-corrected chi connectivity index (χ4v) is 2.69. The Hall–Kier alpha value is -2.44. The highest BCUT2D eigenvalue weighted by molar-refractivity contribution is 5.93. The van der Waals surface area contributed by atoms with E-state index in [1.165, 1.54) is 6.20 Å².